The van der Waals surface area contributed by atoms with Gasteiger partial charge in [-0.05, 0) is 36.6 Å². The van der Waals surface area contributed by atoms with Gasteiger partial charge in [0, 0.05) is 24.5 Å². The molecule has 0 aliphatic heterocycles. The van der Waals surface area contributed by atoms with Gasteiger partial charge in [0.15, 0.2) is 0 Å². The van der Waals surface area contributed by atoms with Gasteiger partial charge in [0.1, 0.15) is 0 Å². The summed E-state index contributed by atoms with van der Waals surface area (Å²) in [5, 5.41) is 8.84. The fourth-order valence-electron chi connectivity index (χ4n) is 2.91. The van der Waals surface area contributed by atoms with Crippen LogP contribution in [-0.4, -0.2) is 13.1 Å². The third-order valence-corrected chi connectivity index (χ3v) is 4.18. The Hall–Kier alpha value is -1.69. The van der Waals surface area contributed by atoms with Crippen molar-refractivity contribution in [2.75, 3.05) is 17.7 Å². The Bertz CT molecular complexity index is 454. The van der Waals surface area contributed by atoms with Crippen LogP contribution in [-0.2, 0) is 6.42 Å². The Kier molecular flexibility index (Phi) is 4.68. The maximum Gasteiger partial charge on any atom is 0.0670 e. The lowest BCUT2D eigenvalue weighted by Crippen LogP contribution is -2.31. The second-order valence-electron chi connectivity index (χ2n) is 5.47. The van der Waals surface area contributed by atoms with Crippen LogP contribution >= 0.6 is 0 Å². The van der Waals surface area contributed by atoms with Gasteiger partial charge in [-0.3, -0.25) is 0 Å². The molecule has 1 aromatic rings. The lowest BCUT2D eigenvalue weighted by molar-refractivity contribution is 0.553. The lowest BCUT2D eigenvalue weighted by Gasteiger charge is -2.29. The van der Waals surface area contributed by atoms with E-state index in [0.29, 0.717) is 12.5 Å². The molecule has 0 bridgehead atoms. The van der Waals surface area contributed by atoms with Crippen LogP contribution in [0.2, 0.25) is 0 Å². The highest BCUT2D eigenvalue weighted by Crippen LogP contribution is 2.27. The van der Waals surface area contributed by atoms with E-state index < -0.39 is 0 Å². The molecule has 0 heterocycles. The van der Waals surface area contributed by atoms with Gasteiger partial charge >= 0.3 is 0 Å². The third kappa shape index (κ3) is 3.41. The number of nitrogen functional groups attached to an aromatic ring is 1. The molecule has 1 saturated carbocycles. The number of rotatable bonds is 3. The fraction of sp³-hybridized carbons (Fsp3) is 0.562. The molecule has 2 rings (SSSR count). The highest BCUT2D eigenvalue weighted by atomic mass is 15.1. The van der Waals surface area contributed by atoms with Crippen molar-refractivity contribution in [3.8, 4) is 6.07 Å². The lowest BCUT2D eigenvalue weighted by atomic mass is 10.0. The van der Waals surface area contributed by atoms with Crippen LogP contribution in [0, 0.1) is 11.3 Å². The first-order chi connectivity index (χ1) is 9.22. The van der Waals surface area contributed by atoms with Crippen molar-refractivity contribution >= 4 is 11.4 Å². The van der Waals surface area contributed by atoms with Gasteiger partial charge in [0.25, 0.3) is 0 Å². The van der Waals surface area contributed by atoms with Gasteiger partial charge in [-0.25, -0.2) is 0 Å². The minimum atomic E-state index is 0.387. The van der Waals surface area contributed by atoms with E-state index in [2.05, 4.69) is 30.1 Å². The molecule has 0 spiro atoms. The SMILES string of the molecule is CN(c1ccc(N)c(CC#N)c1)C1CCCCCC1. The summed E-state index contributed by atoms with van der Waals surface area (Å²) in [6.07, 6.45) is 8.32. The molecule has 0 unspecified atom stereocenters. The van der Waals surface area contributed by atoms with Gasteiger partial charge in [-0.2, -0.15) is 5.26 Å². The zero-order valence-corrected chi connectivity index (χ0v) is 11.7. The van der Waals surface area contributed by atoms with Crippen LogP contribution < -0.4 is 10.6 Å². The molecule has 1 aliphatic rings. The number of hydrogen-bond acceptors (Lipinski definition) is 3. The van der Waals surface area contributed by atoms with Crippen LogP contribution in [0.25, 0.3) is 0 Å². The van der Waals surface area contributed by atoms with Crippen molar-refractivity contribution < 1.29 is 0 Å². The predicted molar refractivity (Wildman–Crippen MR) is 80.1 cm³/mol. The summed E-state index contributed by atoms with van der Waals surface area (Å²) in [7, 11) is 2.16. The monoisotopic (exact) mass is 257 g/mol. The van der Waals surface area contributed by atoms with Crippen molar-refractivity contribution in [2.24, 2.45) is 0 Å². The Balaban J connectivity index is 2.15. The average Bonchev–Trinajstić information content (AvgIpc) is 2.69. The first-order valence-corrected chi connectivity index (χ1v) is 7.20. The van der Waals surface area contributed by atoms with E-state index in [1.807, 2.05) is 6.07 Å². The minimum Gasteiger partial charge on any atom is -0.398 e. The van der Waals surface area contributed by atoms with Crippen LogP contribution in [0.1, 0.15) is 44.1 Å². The number of nitrogens with two attached hydrogens (primary N) is 1. The van der Waals surface area contributed by atoms with E-state index in [1.54, 1.807) is 0 Å². The number of nitriles is 1. The summed E-state index contributed by atoms with van der Waals surface area (Å²) in [5.74, 6) is 0. The molecule has 0 amide bonds. The van der Waals surface area contributed by atoms with E-state index in [1.165, 1.54) is 44.2 Å². The first kappa shape index (κ1) is 13.7. The molecule has 0 radical (unpaired) electrons. The first-order valence-electron chi connectivity index (χ1n) is 7.20. The summed E-state index contributed by atoms with van der Waals surface area (Å²) in [5.41, 5.74) is 8.76. The van der Waals surface area contributed by atoms with Crippen LogP contribution in [0.5, 0.6) is 0 Å². The second kappa shape index (κ2) is 6.47. The molecule has 1 fully saturated rings. The quantitative estimate of drug-likeness (QED) is 0.666. The maximum atomic E-state index is 8.84. The standard InChI is InChI=1S/C16H23N3/c1-19(14-6-4-2-3-5-7-14)15-8-9-16(18)13(12-15)10-11-17/h8-9,12,14H,2-7,10,18H2,1H3. The number of benzene rings is 1. The molecular formula is C16H23N3. The summed E-state index contributed by atoms with van der Waals surface area (Å²) in [6, 6.07) is 8.88. The number of nitrogens with zero attached hydrogens (tertiary/aromatic N) is 2. The van der Waals surface area contributed by atoms with E-state index in [0.717, 1.165) is 11.3 Å². The van der Waals surface area contributed by atoms with Gasteiger partial charge in [0.2, 0.25) is 0 Å². The fourth-order valence-corrected chi connectivity index (χ4v) is 2.91. The summed E-state index contributed by atoms with van der Waals surface area (Å²) < 4.78 is 0. The Morgan fingerprint density at radius 2 is 1.95 bits per heavy atom. The van der Waals surface area contributed by atoms with Gasteiger partial charge < -0.3 is 10.6 Å². The van der Waals surface area contributed by atoms with Crippen LogP contribution in [0.4, 0.5) is 11.4 Å². The summed E-state index contributed by atoms with van der Waals surface area (Å²) >= 11 is 0. The van der Waals surface area contributed by atoms with Gasteiger partial charge in [-0.1, -0.05) is 25.7 Å². The summed E-state index contributed by atoms with van der Waals surface area (Å²) in [4.78, 5) is 2.37. The molecule has 0 atom stereocenters. The predicted octanol–water partition coefficient (Wildman–Crippen LogP) is 3.49. The molecule has 0 aromatic heterocycles. The number of anilines is 2. The van der Waals surface area contributed by atoms with Crippen LogP contribution in [0.15, 0.2) is 18.2 Å². The van der Waals surface area contributed by atoms with Crippen LogP contribution in [0.3, 0.4) is 0 Å². The zero-order chi connectivity index (χ0) is 13.7. The van der Waals surface area contributed by atoms with E-state index >= 15 is 0 Å². The molecule has 1 aliphatic carbocycles. The highest BCUT2D eigenvalue weighted by Gasteiger charge is 2.17. The van der Waals surface area contributed by atoms with Crippen molar-refractivity contribution in [3.05, 3.63) is 23.8 Å². The topological polar surface area (TPSA) is 53.0 Å². The molecular weight excluding hydrogens is 234 g/mol. The normalized spacial score (nSPS) is 16.6. The summed E-state index contributed by atoms with van der Waals surface area (Å²) in [6.45, 7) is 0. The van der Waals surface area contributed by atoms with E-state index in [-0.39, 0.29) is 0 Å². The Morgan fingerprint density at radius 3 is 2.58 bits per heavy atom. The average molecular weight is 257 g/mol. The van der Waals surface area contributed by atoms with Crippen molar-refractivity contribution in [2.45, 2.75) is 51.0 Å². The van der Waals surface area contributed by atoms with Crippen molar-refractivity contribution in [1.29, 1.82) is 5.26 Å². The van der Waals surface area contributed by atoms with Gasteiger partial charge in [0.05, 0.1) is 12.5 Å². The largest absolute Gasteiger partial charge is 0.398 e. The van der Waals surface area contributed by atoms with Crippen molar-refractivity contribution in [1.82, 2.24) is 0 Å². The highest BCUT2D eigenvalue weighted by molar-refractivity contribution is 5.59. The van der Waals surface area contributed by atoms with E-state index in [9.17, 15) is 0 Å². The molecule has 1 aromatic carbocycles. The second-order valence-corrected chi connectivity index (χ2v) is 5.47. The van der Waals surface area contributed by atoms with E-state index in [4.69, 9.17) is 11.0 Å². The molecule has 19 heavy (non-hydrogen) atoms. The molecule has 3 heteroatoms. The molecule has 102 valence electrons. The van der Waals surface area contributed by atoms with Crippen molar-refractivity contribution in [3.63, 3.8) is 0 Å². The third-order valence-electron chi connectivity index (χ3n) is 4.18. The molecule has 2 N–H and O–H groups in total. The van der Waals surface area contributed by atoms with Gasteiger partial charge in [-0.15, -0.1) is 0 Å². The smallest absolute Gasteiger partial charge is 0.0670 e. The minimum absolute atomic E-state index is 0.387. The molecule has 0 saturated heterocycles. The number of hydrogen-bond donors (Lipinski definition) is 1. The maximum absolute atomic E-state index is 8.84. The molecule has 3 nitrogen and oxygen atoms in total. The Morgan fingerprint density at radius 1 is 1.26 bits per heavy atom. The zero-order valence-electron chi connectivity index (χ0n) is 11.7. The Labute approximate surface area is 116 Å².